The number of nitrogens with one attached hydrogen (secondary N) is 1. The molecule has 0 heterocycles. The molecule has 0 saturated heterocycles. The molecule has 0 bridgehead atoms. The van der Waals surface area contributed by atoms with Gasteiger partial charge >= 0.3 is 7.82 Å². The summed E-state index contributed by atoms with van der Waals surface area (Å²) in [4.78, 5) is 22.8. The number of carbonyl (C=O) groups is 1. The van der Waals surface area contributed by atoms with Gasteiger partial charge in [-0.15, -0.1) is 0 Å². The molecular weight excluding hydrogens is 732 g/mol. The molecule has 338 valence electrons. The van der Waals surface area contributed by atoms with Crippen molar-refractivity contribution in [1.82, 2.24) is 5.32 Å². The van der Waals surface area contributed by atoms with Crippen LogP contribution < -0.4 is 11.1 Å². The van der Waals surface area contributed by atoms with Crippen molar-refractivity contribution in [3.8, 4) is 0 Å². The van der Waals surface area contributed by atoms with Gasteiger partial charge in [0.25, 0.3) is 0 Å². The van der Waals surface area contributed by atoms with E-state index in [9.17, 15) is 19.4 Å². The van der Waals surface area contributed by atoms with Crippen LogP contribution in [0.3, 0.4) is 0 Å². The van der Waals surface area contributed by atoms with E-state index in [1.54, 1.807) is 0 Å². The van der Waals surface area contributed by atoms with Crippen LogP contribution in [0.1, 0.15) is 245 Å². The summed E-state index contributed by atoms with van der Waals surface area (Å²) in [7, 11) is -4.32. The fraction of sp³-hybridized carbons (Fsp3) is 0.896. The molecule has 3 atom stereocenters. The standard InChI is InChI=1S/C48H95N2O6P/c1-3-5-7-9-11-13-15-17-19-20-21-22-23-24-25-26-28-30-32-34-36-38-40-42-48(52)50-46(45-56-57(53,54)55-44-43-49)47(51)41-39-37-35-33-31-29-27-18-16-14-12-10-8-6-4-2/h15,17,20-21,46-47,51H,3-14,16,18-19,22-45,49H2,1-2H3,(H,50,52)(H,53,54)/b17-15-,21-20-. The molecule has 0 aromatic heterocycles. The number of phosphoric acid groups is 1. The van der Waals surface area contributed by atoms with Crippen LogP contribution >= 0.6 is 7.82 Å². The fourth-order valence-corrected chi connectivity index (χ4v) is 8.10. The Morgan fingerprint density at radius 1 is 0.579 bits per heavy atom. The molecule has 0 aliphatic rings. The molecule has 5 N–H and O–H groups in total. The zero-order chi connectivity index (χ0) is 41.8. The van der Waals surface area contributed by atoms with Crippen molar-refractivity contribution in [3.63, 3.8) is 0 Å². The SMILES string of the molecule is CCCCCCC/C=C\C/C=C\CCCCCCCCCCCCCC(=O)NC(COP(=O)(O)OCCN)C(O)CCCCCCCCCCCCCCCCC. The zero-order valence-corrected chi connectivity index (χ0v) is 38.5. The number of nitrogens with two attached hydrogens (primary N) is 1. The number of allylic oxidation sites excluding steroid dienone is 4. The minimum atomic E-state index is -4.32. The van der Waals surface area contributed by atoms with Crippen molar-refractivity contribution in [2.24, 2.45) is 5.73 Å². The van der Waals surface area contributed by atoms with Crippen LogP contribution in [0.2, 0.25) is 0 Å². The molecule has 57 heavy (non-hydrogen) atoms. The Bertz CT molecular complexity index is 948. The Balaban J connectivity index is 4.04. The normalized spacial score (nSPS) is 14.1. The highest BCUT2D eigenvalue weighted by Crippen LogP contribution is 2.43. The minimum absolute atomic E-state index is 0.0895. The molecule has 0 rings (SSSR count). The van der Waals surface area contributed by atoms with Crippen LogP contribution in [0.25, 0.3) is 0 Å². The van der Waals surface area contributed by atoms with E-state index in [2.05, 4.69) is 43.5 Å². The van der Waals surface area contributed by atoms with Gasteiger partial charge in [-0.3, -0.25) is 13.8 Å². The number of rotatable bonds is 46. The smallest absolute Gasteiger partial charge is 0.391 e. The summed E-state index contributed by atoms with van der Waals surface area (Å²) in [6.45, 7) is 4.22. The Labute approximate surface area is 353 Å². The fourth-order valence-electron chi connectivity index (χ4n) is 7.34. The maximum atomic E-state index is 12.8. The third kappa shape index (κ3) is 42.9. The molecule has 0 aliphatic carbocycles. The van der Waals surface area contributed by atoms with Crippen molar-refractivity contribution < 1.29 is 28.4 Å². The number of hydrogen-bond acceptors (Lipinski definition) is 6. The molecular formula is C48H95N2O6P. The zero-order valence-electron chi connectivity index (χ0n) is 37.6. The lowest BCUT2D eigenvalue weighted by Gasteiger charge is -2.25. The Morgan fingerprint density at radius 2 is 0.965 bits per heavy atom. The van der Waals surface area contributed by atoms with Gasteiger partial charge in [0.05, 0.1) is 25.4 Å². The molecule has 3 unspecified atom stereocenters. The topological polar surface area (TPSA) is 131 Å². The van der Waals surface area contributed by atoms with Crippen molar-refractivity contribution in [2.45, 2.75) is 257 Å². The van der Waals surface area contributed by atoms with Crippen LogP contribution in [0, 0.1) is 0 Å². The van der Waals surface area contributed by atoms with E-state index in [4.69, 9.17) is 14.8 Å². The molecule has 0 saturated carbocycles. The third-order valence-corrected chi connectivity index (χ3v) is 12.0. The van der Waals surface area contributed by atoms with Gasteiger partial charge in [0.15, 0.2) is 0 Å². The quantitative estimate of drug-likeness (QED) is 0.0273. The van der Waals surface area contributed by atoms with Crippen LogP contribution in [0.15, 0.2) is 24.3 Å². The molecule has 0 radical (unpaired) electrons. The predicted molar refractivity (Wildman–Crippen MR) is 245 cm³/mol. The first-order valence-electron chi connectivity index (χ1n) is 24.5. The van der Waals surface area contributed by atoms with Gasteiger partial charge < -0.3 is 21.1 Å². The second-order valence-electron chi connectivity index (χ2n) is 16.7. The summed E-state index contributed by atoms with van der Waals surface area (Å²) in [6.07, 6.45) is 51.9. The molecule has 0 fully saturated rings. The number of aliphatic hydroxyl groups is 1. The van der Waals surface area contributed by atoms with Crippen LogP contribution in [-0.2, 0) is 18.4 Å². The molecule has 9 heteroatoms. The summed E-state index contributed by atoms with van der Waals surface area (Å²) < 4.78 is 22.2. The number of phosphoric ester groups is 1. The maximum Gasteiger partial charge on any atom is 0.472 e. The minimum Gasteiger partial charge on any atom is -0.391 e. The van der Waals surface area contributed by atoms with Gasteiger partial charge in [-0.05, 0) is 44.9 Å². The summed E-state index contributed by atoms with van der Waals surface area (Å²) in [5.41, 5.74) is 5.39. The highest BCUT2D eigenvalue weighted by molar-refractivity contribution is 7.47. The molecule has 0 spiro atoms. The second kappa shape index (κ2) is 44.5. The maximum absolute atomic E-state index is 12.8. The molecule has 0 aromatic rings. The summed E-state index contributed by atoms with van der Waals surface area (Å²) in [5, 5.41) is 13.8. The molecule has 1 amide bonds. The van der Waals surface area contributed by atoms with E-state index >= 15 is 0 Å². The molecule has 0 aliphatic heterocycles. The van der Waals surface area contributed by atoms with Crippen molar-refractivity contribution in [3.05, 3.63) is 24.3 Å². The lowest BCUT2D eigenvalue weighted by atomic mass is 10.0. The Kier molecular flexibility index (Phi) is 43.7. The van der Waals surface area contributed by atoms with Gasteiger partial charge in [0, 0.05) is 13.0 Å². The van der Waals surface area contributed by atoms with E-state index < -0.39 is 20.0 Å². The lowest BCUT2D eigenvalue weighted by Crippen LogP contribution is -2.46. The van der Waals surface area contributed by atoms with E-state index in [-0.39, 0.29) is 25.7 Å². The molecule has 0 aromatic carbocycles. The van der Waals surface area contributed by atoms with Crippen molar-refractivity contribution in [1.29, 1.82) is 0 Å². The molecule has 8 nitrogen and oxygen atoms in total. The Hall–Kier alpha value is -1.02. The number of amides is 1. The Morgan fingerprint density at radius 3 is 1.39 bits per heavy atom. The average molecular weight is 827 g/mol. The van der Waals surface area contributed by atoms with Gasteiger partial charge in [-0.1, -0.05) is 218 Å². The van der Waals surface area contributed by atoms with Gasteiger partial charge in [-0.25, -0.2) is 4.57 Å². The van der Waals surface area contributed by atoms with Crippen molar-refractivity contribution >= 4 is 13.7 Å². The van der Waals surface area contributed by atoms with Crippen LogP contribution in [0.5, 0.6) is 0 Å². The summed E-state index contributed by atoms with van der Waals surface area (Å²) >= 11 is 0. The van der Waals surface area contributed by atoms with E-state index in [0.717, 1.165) is 44.9 Å². The predicted octanol–water partition coefficient (Wildman–Crippen LogP) is 14.1. The van der Waals surface area contributed by atoms with Gasteiger partial charge in [0.2, 0.25) is 5.91 Å². The summed E-state index contributed by atoms with van der Waals surface area (Å²) in [5.74, 6) is -0.161. The number of carbonyl (C=O) groups excluding carboxylic acids is 1. The summed E-state index contributed by atoms with van der Waals surface area (Å²) in [6, 6.07) is -0.774. The highest BCUT2D eigenvalue weighted by atomic mass is 31.2. The van der Waals surface area contributed by atoms with E-state index in [1.807, 2.05) is 0 Å². The van der Waals surface area contributed by atoms with Gasteiger partial charge in [-0.2, -0.15) is 0 Å². The van der Waals surface area contributed by atoms with E-state index in [0.29, 0.717) is 12.8 Å². The third-order valence-electron chi connectivity index (χ3n) is 11.1. The first-order chi connectivity index (χ1) is 27.9. The first-order valence-corrected chi connectivity index (χ1v) is 25.9. The number of unbranched alkanes of at least 4 members (excludes halogenated alkanes) is 30. The van der Waals surface area contributed by atoms with Crippen molar-refractivity contribution in [2.75, 3.05) is 19.8 Å². The van der Waals surface area contributed by atoms with Crippen LogP contribution in [0.4, 0.5) is 0 Å². The van der Waals surface area contributed by atoms with Gasteiger partial charge in [0.1, 0.15) is 0 Å². The van der Waals surface area contributed by atoms with Crippen LogP contribution in [-0.4, -0.2) is 47.8 Å². The van der Waals surface area contributed by atoms with E-state index in [1.165, 1.54) is 173 Å². The largest absolute Gasteiger partial charge is 0.472 e. The number of aliphatic hydroxyl groups excluding tert-OH is 1. The highest BCUT2D eigenvalue weighted by Gasteiger charge is 2.27. The lowest BCUT2D eigenvalue weighted by molar-refractivity contribution is -0.123. The number of hydrogen-bond donors (Lipinski definition) is 4. The second-order valence-corrected chi connectivity index (χ2v) is 18.1. The average Bonchev–Trinajstić information content (AvgIpc) is 3.20. The first kappa shape index (κ1) is 56.0. The monoisotopic (exact) mass is 827 g/mol.